The van der Waals surface area contributed by atoms with Crippen molar-refractivity contribution in [3.8, 4) is 0 Å². The molecule has 0 aliphatic rings. The number of thiophene rings is 1. The van der Waals surface area contributed by atoms with Crippen LogP contribution in [0.2, 0.25) is 0 Å². The van der Waals surface area contributed by atoms with Crippen molar-refractivity contribution in [3.05, 3.63) is 29.0 Å². The third-order valence-corrected chi connectivity index (χ3v) is 4.00. The zero-order valence-electron chi connectivity index (χ0n) is 10.4. The van der Waals surface area contributed by atoms with E-state index in [0.29, 0.717) is 4.88 Å². The number of carboxylic acid groups (broad SMARTS) is 1. The van der Waals surface area contributed by atoms with Crippen molar-refractivity contribution in [3.63, 3.8) is 0 Å². The van der Waals surface area contributed by atoms with Crippen LogP contribution in [0.1, 0.15) is 9.67 Å². The topological polar surface area (TPSA) is 75.6 Å². The van der Waals surface area contributed by atoms with Crippen LogP contribution in [0.4, 0.5) is 0 Å². The van der Waals surface area contributed by atoms with Gasteiger partial charge in [0.25, 0.3) is 5.91 Å². The molecule has 0 fully saturated rings. The number of carbonyl (C=O) groups is 2. The molecule has 2 N–H and O–H groups in total. The van der Waals surface area contributed by atoms with Gasteiger partial charge in [0.05, 0.1) is 13.2 Å². The van der Waals surface area contributed by atoms with Crippen LogP contribution in [-0.4, -0.2) is 42.5 Å². The van der Waals surface area contributed by atoms with E-state index in [9.17, 15) is 9.59 Å². The van der Waals surface area contributed by atoms with Gasteiger partial charge in [0.15, 0.2) is 6.04 Å². The molecule has 5 nitrogen and oxygen atoms in total. The normalized spacial score (nSPS) is 11.8. The van der Waals surface area contributed by atoms with E-state index in [1.54, 1.807) is 5.38 Å². The second-order valence-corrected chi connectivity index (χ2v) is 5.27. The van der Waals surface area contributed by atoms with E-state index < -0.39 is 17.9 Å². The van der Waals surface area contributed by atoms with Gasteiger partial charge in [-0.25, -0.2) is 4.79 Å². The Morgan fingerprint density at radius 3 is 3.00 bits per heavy atom. The highest BCUT2D eigenvalue weighted by molar-refractivity contribution is 7.98. The van der Waals surface area contributed by atoms with Gasteiger partial charge in [-0.05, 0) is 17.7 Å². The maximum Gasteiger partial charge on any atom is 0.328 e. The fourth-order valence-corrected chi connectivity index (χ4v) is 2.94. The van der Waals surface area contributed by atoms with Gasteiger partial charge in [-0.15, -0.1) is 29.7 Å². The Balaban J connectivity index is 2.65. The van der Waals surface area contributed by atoms with Crippen LogP contribution >= 0.6 is 23.1 Å². The minimum atomic E-state index is -1.13. The molecule has 104 valence electrons. The van der Waals surface area contributed by atoms with Crippen LogP contribution in [0.3, 0.4) is 0 Å². The lowest BCUT2D eigenvalue weighted by molar-refractivity contribution is -0.140. The van der Waals surface area contributed by atoms with Crippen molar-refractivity contribution in [2.45, 2.75) is 10.9 Å². The molecule has 0 saturated heterocycles. The summed E-state index contributed by atoms with van der Waals surface area (Å²) >= 11 is 2.73. The predicted molar refractivity (Wildman–Crippen MR) is 76.0 cm³/mol. The van der Waals surface area contributed by atoms with Crippen molar-refractivity contribution in [2.24, 2.45) is 0 Å². The smallest absolute Gasteiger partial charge is 0.328 e. The molecule has 7 heteroatoms. The molecular weight excluding hydrogens is 286 g/mol. The fraction of sp³-hybridized carbons (Fsp3) is 0.333. The van der Waals surface area contributed by atoms with Crippen LogP contribution in [0, 0.1) is 0 Å². The summed E-state index contributed by atoms with van der Waals surface area (Å²) in [7, 11) is 0. The number of hydrogen-bond acceptors (Lipinski definition) is 5. The maximum atomic E-state index is 12.0. The first-order valence-corrected chi connectivity index (χ1v) is 7.54. The van der Waals surface area contributed by atoms with E-state index >= 15 is 0 Å². The van der Waals surface area contributed by atoms with Gasteiger partial charge < -0.3 is 15.2 Å². The first-order valence-electron chi connectivity index (χ1n) is 5.44. The summed E-state index contributed by atoms with van der Waals surface area (Å²) in [6.07, 6.45) is 3.38. The molecule has 0 saturated carbocycles. The van der Waals surface area contributed by atoms with Crippen LogP contribution in [-0.2, 0) is 9.53 Å². The number of aliphatic carboxylic acids is 1. The number of ether oxygens (including phenoxy) is 1. The van der Waals surface area contributed by atoms with E-state index in [4.69, 9.17) is 9.84 Å². The molecule has 0 radical (unpaired) electrons. The van der Waals surface area contributed by atoms with Gasteiger partial charge >= 0.3 is 5.97 Å². The van der Waals surface area contributed by atoms with Crippen LogP contribution in [0.25, 0.3) is 0 Å². The zero-order valence-corrected chi connectivity index (χ0v) is 12.1. The van der Waals surface area contributed by atoms with Crippen LogP contribution < -0.4 is 5.32 Å². The Morgan fingerprint density at radius 1 is 1.68 bits per heavy atom. The maximum absolute atomic E-state index is 12.0. The average molecular weight is 301 g/mol. The number of amides is 1. The van der Waals surface area contributed by atoms with E-state index in [1.165, 1.54) is 29.2 Å². The molecule has 1 aromatic heterocycles. The summed E-state index contributed by atoms with van der Waals surface area (Å²) in [6.45, 7) is 3.62. The molecule has 1 amide bonds. The quantitative estimate of drug-likeness (QED) is 0.435. The molecule has 1 rings (SSSR count). The highest BCUT2D eigenvalue weighted by Crippen LogP contribution is 2.25. The lowest BCUT2D eigenvalue weighted by Crippen LogP contribution is -2.44. The molecule has 0 aromatic carbocycles. The highest BCUT2D eigenvalue weighted by Gasteiger charge is 2.22. The number of rotatable bonds is 8. The Labute approximate surface area is 119 Å². The van der Waals surface area contributed by atoms with Gasteiger partial charge in [-0.3, -0.25) is 4.79 Å². The third-order valence-electron chi connectivity index (χ3n) is 2.18. The van der Waals surface area contributed by atoms with Crippen molar-refractivity contribution >= 4 is 35.0 Å². The van der Waals surface area contributed by atoms with Crippen molar-refractivity contribution < 1.29 is 19.4 Å². The molecule has 1 heterocycles. The number of nitrogens with one attached hydrogen (secondary N) is 1. The SMILES string of the molecule is C=CCOCC(NC(=O)c1sccc1SC)C(=O)O. The second-order valence-electron chi connectivity index (χ2n) is 3.51. The summed E-state index contributed by atoms with van der Waals surface area (Å²) in [5.41, 5.74) is 0. The van der Waals surface area contributed by atoms with Crippen LogP contribution in [0.5, 0.6) is 0 Å². The Bertz CT molecular complexity index is 458. The number of carboxylic acids is 1. The lowest BCUT2D eigenvalue weighted by atomic mass is 10.3. The molecule has 1 atom stereocenters. The van der Waals surface area contributed by atoms with Gasteiger partial charge in [-0.2, -0.15) is 0 Å². The van der Waals surface area contributed by atoms with Crippen molar-refractivity contribution in [1.82, 2.24) is 5.32 Å². The second kappa shape index (κ2) is 7.98. The van der Waals surface area contributed by atoms with Gasteiger partial charge in [0.1, 0.15) is 4.88 Å². The van der Waals surface area contributed by atoms with Gasteiger partial charge in [-0.1, -0.05) is 6.08 Å². The minimum Gasteiger partial charge on any atom is -0.480 e. The summed E-state index contributed by atoms with van der Waals surface area (Å²) in [6, 6.07) is 0.762. The summed E-state index contributed by atoms with van der Waals surface area (Å²) in [5, 5.41) is 13.3. The van der Waals surface area contributed by atoms with Gasteiger partial charge in [0, 0.05) is 4.90 Å². The summed E-state index contributed by atoms with van der Waals surface area (Å²) in [5.74, 6) is -1.52. The molecule has 1 aromatic rings. The summed E-state index contributed by atoms with van der Waals surface area (Å²) < 4.78 is 5.07. The molecule has 0 aliphatic carbocycles. The number of carbonyl (C=O) groups excluding carboxylic acids is 1. The molecule has 19 heavy (non-hydrogen) atoms. The first kappa shape index (κ1) is 15.7. The third kappa shape index (κ3) is 4.70. The Kier molecular flexibility index (Phi) is 6.61. The number of thioether (sulfide) groups is 1. The zero-order chi connectivity index (χ0) is 14.3. The monoisotopic (exact) mass is 301 g/mol. The van der Waals surface area contributed by atoms with Crippen molar-refractivity contribution in [2.75, 3.05) is 19.5 Å². The molecule has 1 unspecified atom stereocenters. The average Bonchev–Trinajstić information content (AvgIpc) is 2.85. The highest BCUT2D eigenvalue weighted by atomic mass is 32.2. The molecule has 0 bridgehead atoms. The standard InChI is InChI=1S/C12H15NO4S2/c1-3-5-17-7-8(12(15)16)13-11(14)10-9(18-2)4-6-19-10/h3-4,6,8H,1,5,7H2,2H3,(H,13,14)(H,15,16). The number of hydrogen-bond donors (Lipinski definition) is 2. The molecule has 0 aliphatic heterocycles. The van der Waals surface area contributed by atoms with E-state index in [-0.39, 0.29) is 13.2 Å². The van der Waals surface area contributed by atoms with Crippen LogP contribution in [0.15, 0.2) is 29.0 Å². The van der Waals surface area contributed by atoms with Crippen molar-refractivity contribution in [1.29, 1.82) is 0 Å². The molecular formula is C12H15NO4S2. The van der Waals surface area contributed by atoms with E-state index in [2.05, 4.69) is 11.9 Å². The predicted octanol–water partition coefficient (Wildman–Crippen LogP) is 1.86. The van der Waals surface area contributed by atoms with Gasteiger partial charge in [0.2, 0.25) is 0 Å². The molecule has 0 spiro atoms. The Morgan fingerprint density at radius 2 is 2.42 bits per heavy atom. The Hall–Kier alpha value is -1.31. The summed E-state index contributed by atoms with van der Waals surface area (Å²) in [4.78, 5) is 24.4. The van der Waals surface area contributed by atoms with E-state index in [0.717, 1.165) is 4.90 Å². The minimum absolute atomic E-state index is 0.0902. The largest absolute Gasteiger partial charge is 0.480 e. The van der Waals surface area contributed by atoms with E-state index in [1.807, 2.05) is 12.3 Å². The first-order chi connectivity index (χ1) is 9.10. The lowest BCUT2D eigenvalue weighted by Gasteiger charge is -2.14. The fourth-order valence-electron chi connectivity index (χ4n) is 1.29.